The Morgan fingerprint density at radius 2 is 2.00 bits per heavy atom. The quantitative estimate of drug-likeness (QED) is 0.909. The number of benzene rings is 1. The third-order valence-corrected chi connectivity index (χ3v) is 2.56. The van der Waals surface area contributed by atoms with Crippen LogP contribution in [0.2, 0.25) is 0 Å². The average molecular weight is 271 g/mol. The Kier molecular flexibility index (Phi) is 3.05. The van der Waals surface area contributed by atoms with Crippen LogP contribution in [0.4, 0.5) is 13.2 Å². The molecule has 0 saturated heterocycles. The molecule has 1 aromatic heterocycles. The van der Waals surface area contributed by atoms with Crippen LogP contribution in [-0.2, 0) is 6.18 Å². The van der Waals surface area contributed by atoms with Crippen LogP contribution < -0.4 is 0 Å². The first kappa shape index (κ1) is 13.1. The molecule has 1 aromatic carbocycles. The Morgan fingerprint density at radius 3 is 2.53 bits per heavy atom. The van der Waals surface area contributed by atoms with Gasteiger partial charge in [0.05, 0.1) is 5.56 Å². The Morgan fingerprint density at radius 1 is 1.32 bits per heavy atom. The highest BCUT2D eigenvalue weighted by atomic mass is 19.4. The molecule has 0 saturated carbocycles. The molecule has 0 spiro atoms. The van der Waals surface area contributed by atoms with E-state index in [9.17, 15) is 18.0 Å². The number of aryl methyl sites for hydroxylation is 1. The Bertz CT molecular complexity index is 631. The first-order chi connectivity index (χ1) is 8.79. The second-order valence-electron chi connectivity index (χ2n) is 3.91. The van der Waals surface area contributed by atoms with Gasteiger partial charge in [0.1, 0.15) is 5.69 Å². The van der Waals surface area contributed by atoms with Gasteiger partial charge in [0.25, 0.3) is 0 Å². The number of halogens is 3. The number of rotatable bonds is 2. The number of hydrogen-bond donors (Lipinski definition) is 1. The molecule has 0 amide bonds. The van der Waals surface area contributed by atoms with Gasteiger partial charge >= 0.3 is 12.1 Å². The van der Waals surface area contributed by atoms with Crippen LogP contribution in [0.15, 0.2) is 28.8 Å². The van der Waals surface area contributed by atoms with Gasteiger partial charge in [-0.2, -0.15) is 13.2 Å². The standard InChI is InChI=1S/C12H8F3NO3/c1-6-2-3-7(4-8(6)12(13,14)15)9-5-10(11(17)18)19-16-9/h2-5H,1H3,(H,17,18). The van der Waals surface area contributed by atoms with Gasteiger partial charge in [0, 0.05) is 11.6 Å². The van der Waals surface area contributed by atoms with Gasteiger partial charge in [0.15, 0.2) is 0 Å². The summed E-state index contributed by atoms with van der Waals surface area (Å²) in [5.74, 6) is -1.76. The summed E-state index contributed by atoms with van der Waals surface area (Å²) >= 11 is 0. The third-order valence-electron chi connectivity index (χ3n) is 2.56. The molecule has 2 rings (SSSR count). The molecule has 1 heterocycles. The summed E-state index contributed by atoms with van der Waals surface area (Å²) in [6.07, 6.45) is -4.47. The van der Waals surface area contributed by atoms with E-state index in [2.05, 4.69) is 9.68 Å². The van der Waals surface area contributed by atoms with Crippen molar-refractivity contribution in [2.45, 2.75) is 13.1 Å². The lowest BCUT2D eigenvalue weighted by atomic mass is 10.0. The molecule has 0 radical (unpaired) electrons. The van der Waals surface area contributed by atoms with Crippen molar-refractivity contribution in [1.29, 1.82) is 0 Å². The van der Waals surface area contributed by atoms with Crippen LogP contribution in [0.3, 0.4) is 0 Å². The zero-order chi connectivity index (χ0) is 14.2. The van der Waals surface area contributed by atoms with Crippen LogP contribution in [0, 0.1) is 6.92 Å². The van der Waals surface area contributed by atoms with Gasteiger partial charge in [-0.15, -0.1) is 0 Å². The summed E-state index contributed by atoms with van der Waals surface area (Å²) in [6.45, 7) is 1.35. The summed E-state index contributed by atoms with van der Waals surface area (Å²) in [6, 6.07) is 4.72. The van der Waals surface area contributed by atoms with Crippen molar-refractivity contribution >= 4 is 5.97 Å². The van der Waals surface area contributed by atoms with Gasteiger partial charge in [0.2, 0.25) is 5.76 Å². The summed E-state index contributed by atoms with van der Waals surface area (Å²) in [4.78, 5) is 10.6. The maximum atomic E-state index is 12.7. The van der Waals surface area contributed by atoms with Gasteiger partial charge in [-0.3, -0.25) is 0 Å². The van der Waals surface area contributed by atoms with Crippen molar-refractivity contribution in [2.75, 3.05) is 0 Å². The van der Waals surface area contributed by atoms with Crippen LogP contribution in [-0.4, -0.2) is 16.2 Å². The summed E-state index contributed by atoms with van der Waals surface area (Å²) in [5.41, 5.74) is -0.514. The summed E-state index contributed by atoms with van der Waals surface area (Å²) in [7, 11) is 0. The van der Waals surface area contributed by atoms with Crippen molar-refractivity contribution in [2.24, 2.45) is 0 Å². The maximum Gasteiger partial charge on any atom is 0.416 e. The normalized spacial score (nSPS) is 11.6. The lowest BCUT2D eigenvalue weighted by Crippen LogP contribution is -2.07. The highest BCUT2D eigenvalue weighted by molar-refractivity contribution is 5.85. The number of carboxylic acids is 1. The van der Waals surface area contributed by atoms with Gasteiger partial charge < -0.3 is 9.63 Å². The predicted octanol–water partition coefficient (Wildman–Crippen LogP) is 3.37. The number of alkyl halides is 3. The average Bonchev–Trinajstić information content (AvgIpc) is 2.77. The van der Waals surface area contributed by atoms with Gasteiger partial charge in [-0.1, -0.05) is 17.3 Å². The van der Waals surface area contributed by atoms with E-state index in [1.165, 1.54) is 19.1 Å². The highest BCUT2D eigenvalue weighted by Gasteiger charge is 2.32. The highest BCUT2D eigenvalue weighted by Crippen LogP contribution is 2.34. The van der Waals surface area contributed by atoms with E-state index in [4.69, 9.17) is 5.11 Å². The molecule has 0 unspecified atom stereocenters. The van der Waals surface area contributed by atoms with E-state index < -0.39 is 23.5 Å². The predicted molar refractivity (Wildman–Crippen MR) is 58.6 cm³/mol. The number of aromatic nitrogens is 1. The first-order valence-electron chi connectivity index (χ1n) is 5.17. The molecule has 0 bridgehead atoms. The van der Waals surface area contributed by atoms with Gasteiger partial charge in [-0.05, 0) is 18.6 Å². The summed E-state index contributed by atoms with van der Waals surface area (Å²) in [5, 5.41) is 12.1. The zero-order valence-corrected chi connectivity index (χ0v) is 9.65. The van der Waals surface area contributed by atoms with Crippen molar-refractivity contribution in [1.82, 2.24) is 5.16 Å². The fraction of sp³-hybridized carbons (Fsp3) is 0.167. The molecule has 4 nitrogen and oxygen atoms in total. The van der Waals surface area contributed by atoms with Crippen LogP contribution in [0.5, 0.6) is 0 Å². The Labute approximate surface area is 105 Å². The molecule has 7 heteroatoms. The minimum Gasteiger partial charge on any atom is -0.475 e. The SMILES string of the molecule is Cc1ccc(-c2cc(C(=O)O)on2)cc1C(F)(F)F. The first-order valence-corrected chi connectivity index (χ1v) is 5.17. The number of nitrogens with zero attached hydrogens (tertiary/aromatic N) is 1. The van der Waals surface area contributed by atoms with E-state index in [-0.39, 0.29) is 16.8 Å². The van der Waals surface area contributed by atoms with E-state index in [1.807, 2.05) is 0 Å². The number of hydrogen-bond acceptors (Lipinski definition) is 3. The minimum absolute atomic E-state index is 0.0444. The van der Waals surface area contributed by atoms with E-state index in [1.54, 1.807) is 0 Å². The second kappa shape index (κ2) is 4.42. The number of carbonyl (C=O) groups is 1. The molecule has 0 aliphatic carbocycles. The molecule has 19 heavy (non-hydrogen) atoms. The molecular formula is C12H8F3NO3. The van der Waals surface area contributed by atoms with Crippen molar-refractivity contribution < 1.29 is 27.6 Å². The van der Waals surface area contributed by atoms with Crippen molar-refractivity contribution in [3.8, 4) is 11.3 Å². The molecule has 0 fully saturated rings. The molecule has 0 aliphatic rings. The molecule has 0 aliphatic heterocycles. The number of carboxylic acid groups (broad SMARTS) is 1. The summed E-state index contributed by atoms with van der Waals surface area (Å²) < 4.78 is 42.7. The van der Waals surface area contributed by atoms with Crippen LogP contribution >= 0.6 is 0 Å². The fourth-order valence-corrected chi connectivity index (χ4v) is 1.60. The zero-order valence-electron chi connectivity index (χ0n) is 9.65. The third kappa shape index (κ3) is 2.59. The van der Waals surface area contributed by atoms with E-state index in [0.29, 0.717) is 0 Å². The van der Waals surface area contributed by atoms with Crippen LogP contribution in [0.25, 0.3) is 11.3 Å². The van der Waals surface area contributed by atoms with Crippen molar-refractivity contribution in [3.63, 3.8) is 0 Å². The topological polar surface area (TPSA) is 63.3 Å². The fourth-order valence-electron chi connectivity index (χ4n) is 1.60. The van der Waals surface area contributed by atoms with E-state index in [0.717, 1.165) is 12.1 Å². The largest absolute Gasteiger partial charge is 0.475 e. The Hall–Kier alpha value is -2.31. The lowest BCUT2D eigenvalue weighted by molar-refractivity contribution is -0.138. The smallest absolute Gasteiger partial charge is 0.416 e. The molecule has 100 valence electrons. The molecular weight excluding hydrogens is 263 g/mol. The lowest BCUT2D eigenvalue weighted by Gasteiger charge is -2.10. The monoisotopic (exact) mass is 271 g/mol. The van der Waals surface area contributed by atoms with Gasteiger partial charge in [-0.25, -0.2) is 4.79 Å². The second-order valence-corrected chi connectivity index (χ2v) is 3.91. The molecule has 0 atom stereocenters. The van der Waals surface area contributed by atoms with E-state index >= 15 is 0 Å². The maximum absolute atomic E-state index is 12.7. The minimum atomic E-state index is -4.47. The Balaban J connectivity index is 2.48. The van der Waals surface area contributed by atoms with Crippen molar-refractivity contribution in [3.05, 3.63) is 41.2 Å². The van der Waals surface area contributed by atoms with Crippen LogP contribution in [0.1, 0.15) is 21.7 Å². The number of aromatic carboxylic acids is 1. The molecule has 2 aromatic rings. The molecule has 1 N–H and O–H groups in total.